The molecule has 0 spiro atoms. The zero-order valence-electron chi connectivity index (χ0n) is 12.4. The number of aryl methyl sites for hydroxylation is 1. The Balaban J connectivity index is 2.05. The Morgan fingerprint density at radius 3 is 2.61 bits per heavy atom. The molecule has 1 N–H and O–H groups in total. The van der Waals surface area contributed by atoms with Crippen LogP contribution in [0.2, 0.25) is 0 Å². The van der Waals surface area contributed by atoms with Crippen LogP contribution in [0.3, 0.4) is 0 Å². The fraction of sp³-hybridized carbons (Fsp3) is 0.118. The maximum Gasteiger partial charge on any atom is 0.335 e. The summed E-state index contributed by atoms with van der Waals surface area (Å²) in [6.45, 7) is 1.93. The Kier molecular flexibility index (Phi) is 3.80. The summed E-state index contributed by atoms with van der Waals surface area (Å²) in [7, 11) is 0. The number of amides is 4. The van der Waals surface area contributed by atoms with E-state index in [1.807, 2.05) is 19.1 Å². The van der Waals surface area contributed by atoms with Gasteiger partial charge < -0.3 is 4.42 Å². The SMILES string of the molecule is CCc1ccccc1N1C(=O)NC(=O)/C(=C\c2ccco2)C1=O. The topological polar surface area (TPSA) is 79.6 Å². The number of hydrogen-bond donors (Lipinski definition) is 1. The molecule has 0 bridgehead atoms. The van der Waals surface area contributed by atoms with Crippen LogP contribution in [0.4, 0.5) is 10.5 Å². The molecule has 1 aliphatic rings. The van der Waals surface area contributed by atoms with Gasteiger partial charge in [-0.3, -0.25) is 14.9 Å². The first-order valence-corrected chi connectivity index (χ1v) is 7.14. The minimum Gasteiger partial charge on any atom is -0.465 e. The third kappa shape index (κ3) is 2.66. The van der Waals surface area contributed by atoms with E-state index in [0.717, 1.165) is 10.5 Å². The first-order chi connectivity index (χ1) is 11.1. The number of anilines is 1. The minimum absolute atomic E-state index is 0.148. The standard InChI is InChI=1S/C17H14N2O4/c1-2-11-6-3-4-8-14(11)19-16(21)13(15(20)18-17(19)22)10-12-7-5-9-23-12/h3-10H,2H2,1H3,(H,18,20,22)/b13-10+. The van der Waals surface area contributed by atoms with Gasteiger partial charge in [0.15, 0.2) is 0 Å². The lowest BCUT2D eigenvalue weighted by molar-refractivity contribution is -0.122. The van der Waals surface area contributed by atoms with Gasteiger partial charge in [0.05, 0.1) is 12.0 Å². The van der Waals surface area contributed by atoms with Crippen molar-refractivity contribution in [3.8, 4) is 0 Å². The van der Waals surface area contributed by atoms with Crippen molar-refractivity contribution >= 4 is 29.6 Å². The van der Waals surface area contributed by atoms with Crippen LogP contribution in [-0.4, -0.2) is 17.8 Å². The lowest BCUT2D eigenvalue weighted by Crippen LogP contribution is -2.54. The highest BCUT2D eigenvalue weighted by Crippen LogP contribution is 2.25. The summed E-state index contributed by atoms with van der Waals surface area (Å²) < 4.78 is 5.13. The normalized spacial score (nSPS) is 16.8. The summed E-state index contributed by atoms with van der Waals surface area (Å²) in [6, 6.07) is 9.60. The zero-order chi connectivity index (χ0) is 16.4. The largest absolute Gasteiger partial charge is 0.465 e. The molecule has 1 aliphatic heterocycles. The van der Waals surface area contributed by atoms with Gasteiger partial charge in [-0.05, 0) is 36.3 Å². The van der Waals surface area contributed by atoms with E-state index >= 15 is 0 Å². The number of nitrogens with zero attached hydrogens (tertiary/aromatic N) is 1. The van der Waals surface area contributed by atoms with Gasteiger partial charge >= 0.3 is 6.03 Å². The van der Waals surface area contributed by atoms with Gasteiger partial charge in [-0.15, -0.1) is 0 Å². The molecule has 1 aromatic heterocycles. The third-order valence-corrected chi connectivity index (χ3v) is 3.54. The molecule has 1 fully saturated rings. The second-order valence-electron chi connectivity index (χ2n) is 4.96. The van der Waals surface area contributed by atoms with E-state index in [0.29, 0.717) is 17.9 Å². The molecule has 0 unspecified atom stereocenters. The number of carbonyl (C=O) groups excluding carboxylic acids is 3. The molecule has 2 heterocycles. The quantitative estimate of drug-likeness (QED) is 0.698. The fourth-order valence-electron chi connectivity index (χ4n) is 2.42. The van der Waals surface area contributed by atoms with Gasteiger partial charge in [0, 0.05) is 0 Å². The number of barbiturate groups is 1. The molecular formula is C17H14N2O4. The minimum atomic E-state index is -0.752. The maximum absolute atomic E-state index is 12.7. The van der Waals surface area contributed by atoms with E-state index < -0.39 is 17.8 Å². The van der Waals surface area contributed by atoms with Gasteiger partial charge in [-0.25, -0.2) is 9.69 Å². The number of urea groups is 1. The van der Waals surface area contributed by atoms with Crippen molar-refractivity contribution in [1.82, 2.24) is 5.32 Å². The Morgan fingerprint density at radius 1 is 1.13 bits per heavy atom. The third-order valence-electron chi connectivity index (χ3n) is 3.54. The monoisotopic (exact) mass is 310 g/mol. The van der Waals surface area contributed by atoms with Crippen LogP contribution >= 0.6 is 0 Å². The predicted molar refractivity (Wildman–Crippen MR) is 83.5 cm³/mol. The molecule has 116 valence electrons. The fourth-order valence-corrected chi connectivity index (χ4v) is 2.42. The average Bonchev–Trinajstić information content (AvgIpc) is 3.05. The molecule has 6 heteroatoms. The van der Waals surface area contributed by atoms with Crippen molar-refractivity contribution in [2.24, 2.45) is 0 Å². The van der Waals surface area contributed by atoms with E-state index in [-0.39, 0.29) is 5.57 Å². The number of furan rings is 1. The summed E-state index contributed by atoms with van der Waals surface area (Å²) in [5, 5.41) is 2.19. The molecule has 6 nitrogen and oxygen atoms in total. The zero-order valence-corrected chi connectivity index (χ0v) is 12.4. The van der Waals surface area contributed by atoms with E-state index in [1.165, 1.54) is 12.3 Å². The molecule has 1 saturated heterocycles. The van der Waals surface area contributed by atoms with E-state index in [9.17, 15) is 14.4 Å². The number of benzene rings is 1. The van der Waals surface area contributed by atoms with Crippen LogP contribution in [0.15, 0.2) is 52.7 Å². The van der Waals surface area contributed by atoms with E-state index in [4.69, 9.17) is 4.42 Å². The van der Waals surface area contributed by atoms with Gasteiger partial charge in [0.25, 0.3) is 11.8 Å². The second-order valence-corrected chi connectivity index (χ2v) is 4.96. The lowest BCUT2D eigenvalue weighted by Gasteiger charge is -2.27. The number of carbonyl (C=O) groups is 3. The van der Waals surface area contributed by atoms with Crippen molar-refractivity contribution in [3.05, 3.63) is 59.6 Å². The highest BCUT2D eigenvalue weighted by molar-refractivity contribution is 6.39. The van der Waals surface area contributed by atoms with Crippen LogP contribution in [0.5, 0.6) is 0 Å². The Hall–Kier alpha value is -3.15. The molecule has 3 rings (SSSR count). The predicted octanol–water partition coefficient (Wildman–Crippen LogP) is 2.51. The Morgan fingerprint density at radius 2 is 1.91 bits per heavy atom. The summed E-state index contributed by atoms with van der Waals surface area (Å²) in [6.07, 6.45) is 3.41. The first-order valence-electron chi connectivity index (χ1n) is 7.14. The Labute approximate surface area is 132 Å². The first kappa shape index (κ1) is 14.8. The van der Waals surface area contributed by atoms with Crippen LogP contribution in [0.1, 0.15) is 18.2 Å². The lowest BCUT2D eigenvalue weighted by atomic mass is 10.1. The van der Waals surface area contributed by atoms with Crippen molar-refractivity contribution in [2.45, 2.75) is 13.3 Å². The van der Waals surface area contributed by atoms with Gasteiger partial charge in [-0.1, -0.05) is 25.1 Å². The molecule has 0 aliphatic carbocycles. The molecule has 0 atom stereocenters. The number of nitrogens with one attached hydrogen (secondary N) is 1. The van der Waals surface area contributed by atoms with E-state index in [1.54, 1.807) is 24.3 Å². The average molecular weight is 310 g/mol. The van der Waals surface area contributed by atoms with Crippen molar-refractivity contribution in [1.29, 1.82) is 0 Å². The van der Waals surface area contributed by atoms with Crippen molar-refractivity contribution < 1.29 is 18.8 Å². The summed E-state index contributed by atoms with van der Waals surface area (Å²) >= 11 is 0. The summed E-state index contributed by atoms with van der Waals surface area (Å²) in [4.78, 5) is 37.8. The molecule has 2 aromatic rings. The number of imide groups is 2. The molecule has 1 aromatic carbocycles. The highest BCUT2D eigenvalue weighted by Gasteiger charge is 2.37. The van der Waals surface area contributed by atoms with Crippen molar-refractivity contribution in [2.75, 3.05) is 4.90 Å². The number of hydrogen-bond acceptors (Lipinski definition) is 4. The number of para-hydroxylation sites is 1. The van der Waals surface area contributed by atoms with Gasteiger partial charge in [0.2, 0.25) is 0 Å². The molecule has 23 heavy (non-hydrogen) atoms. The van der Waals surface area contributed by atoms with Gasteiger partial charge in [-0.2, -0.15) is 0 Å². The highest BCUT2D eigenvalue weighted by atomic mass is 16.3. The molecule has 0 radical (unpaired) electrons. The summed E-state index contributed by atoms with van der Waals surface area (Å²) in [5.74, 6) is -1.04. The van der Waals surface area contributed by atoms with Crippen LogP contribution < -0.4 is 10.2 Å². The molecule has 4 amide bonds. The summed E-state index contributed by atoms with van der Waals surface area (Å²) in [5.41, 5.74) is 1.16. The smallest absolute Gasteiger partial charge is 0.335 e. The maximum atomic E-state index is 12.7. The van der Waals surface area contributed by atoms with Crippen LogP contribution in [0, 0.1) is 0 Å². The number of rotatable bonds is 3. The van der Waals surface area contributed by atoms with Gasteiger partial charge in [0.1, 0.15) is 11.3 Å². The molecular weight excluding hydrogens is 296 g/mol. The molecule has 0 saturated carbocycles. The van der Waals surface area contributed by atoms with Crippen LogP contribution in [0.25, 0.3) is 6.08 Å². The van der Waals surface area contributed by atoms with Crippen molar-refractivity contribution in [3.63, 3.8) is 0 Å². The Bertz CT molecular complexity index is 806. The second kappa shape index (κ2) is 5.92. The van der Waals surface area contributed by atoms with Crippen LogP contribution in [-0.2, 0) is 16.0 Å². The van der Waals surface area contributed by atoms with E-state index in [2.05, 4.69) is 5.32 Å².